The van der Waals surface area contributed by atoms with Gasteiger partial charge in [-0.2, -0.15) is 0 Å². The van der Waals surface area contributed by atoms with Crippen molar-refractivity contribution in [3.05, 3.63) is 77.4 Å². The maximum Gasteiger partial charge on any atom is 0.235 e. The molecule has 3 N–H and O–H groups in total. The van der Waals surface area contributed by atoms with E-state index in [1.807, 2.05) is 60.7 Å². The number of anilines is 1. The average molecular weight is 417 g/mol. The molecule has 3 aromatic carbocycles. The number of amides is 1. The van der Waals surface area contributed by atoms with Gasteiger partial charge in [0.05, 0.1) is 18.6 Å². The summed E-state index contributed by atoms with van der Waals surface area (Å²) in [6.07, 6.45) is 1.56. The molecule has 0 radical (unpaired) electrons. The fourth-order valence-corrected chi connectivity index (χ4v) is 4.07. The molecule has 0 aromatic heterocycles. The Bertz CT molecular complexity index is 1140. The van der Waals surface area contributed by atoms with Crippen LogP contribution in [0.3, 0.4) is 0 Å². The monoisotopic (exact) mass is 417 g/mol. The van der Waals surface area contributed by atoms with E-state index in [-0.39, 0.29) is 25.9 Å². The predicted molar refractivity (Wildman–Crippen MR) is 116 cm³/mol. The van der Waals surface area contributed by atoms with Gasteiger partial charge < -0.3 is 25.0 Å². The standard InChI is InChI=1S/C25H23NO5/c27-13-16-1-3-17(4-2-16)21-12-20(7-5-18(21)14-28)26-24(29)25(9-10-25)19-6-8-22-23(11-19)31-15-30-22/h1-8,11-12,27-28H,9-10,13-15H2,(H,26,29). The Kier molecular flexibility index (Phi) is 4.88. The summed E-state index contributed by atoms with van der Waals surface area (Å²) in [6.45, 7) is 0.0782. The van der Waals surface area contributed by atoms with Crippen LogP contribution in [0.1, 0.15) is 29.5 Å². The molecule has 0 saturated heterocycles. The van der Waals surface area contributed by atoms with Crippen LogP contribution in [0.2, 0.25) is 0 Å². The van der Waals surface area contributed by atoms with Crippen molar-refractivity contribution in [3.63, 3.8) is 0 Å². The first-order chi connectivity index (χ1) is 15.1. The second kappa shape index (κ2) is 7.72. The lowest BCUT2D eigenvalue weighted by molar-refractivity contribution is -0.118. The minimum atomic E-state index is -0.556. The number of carbonyl (C=O) groups is 1. The summed E-state index contributed by atoms with van der Waals surface area (Å²) >= 11 is 0. The van der Waals surface area contributed by atoms with Crippen LogP contribution in [0.25, 0.3) is 11.1 Å². The van der Waals surface area contributed by atoms with Gasteiger partial charge in [0.25, 0.3) is 0 Å². The lowest BCUT2D eigenvalue weighted by atomic mass is 9.94. The van der Waals surface area contributed by atoms with E-state index in [2.05, 4.69) is 5.32 Å². The lowest BCUT2D eigenvalue weighted by Gasteiger charge is -2.18. The van der Waals surface area contributed by atoms with Gasteiger partial charge in [0, 0.05) is 5.69 Å². The zero-order valence-corrected chi connectivity index (χ0v) is 16.9. The molecule has 2 aliphatic rings. The summed E-state index contributed by atoms with van der Waals surface area (Å²) in [7, 11) is 0. The van der Waals surface area contributed by atoms with Gasteiger partial charge >= 0.3 is 0 Å². The third-order valence-electron chi connectivity index (χ3n) is 6.10. The molecule has 1 aliphatic carbocycles. The molecule has 3 aromatic rings. The van der Waals surface area contributed by atoms with Gasteiger partial charge in [0.1, 0.15) is 0 Å². The molecule has 1 aliphatic heterocycles. The minimum absolute atomic E-state index is 0.0226. The summed E-state index contributed by atoms with van der Waals surface area (Å²) in [5, 5.41) is 22.1. The van der Waals surface area contributed by atoms with Gasteiger partial charge in [-0.3, -0.25) is 4.79 Å². The van der Waals surface area contributed by atoms with Crippen LogP contribution in [-0.4, -0.2) is 22.9 Å². The van der Waals surface area contributed by atoms with Crippen molar-refractivity contribution in [2.75, 3.05) is 12.1 Å². The number of fused-ring (bicyclic) bond motifs is 1. The van der Waals surface area contributed by atoms with Crippen molar-refractivity contribution in [1.82, 2.24) is 0 Å². The Morgan fingerprint density at radius 1 is 0.903 bits per heavy atom. The Balaban J connectivity index is 1.41. The van der Waals surface area contributed by atoms with E-state index in [1.54, 1.807) is 0 Å². The largest absolute Gasteiger partial charge is 0.454 e. The minimum Gasteiger partial charge on any atom is -0.454 e. The first kappa shape index (κ1) is 19.6. The molecule has 0 unspecified atom stereocenters. The second-order valence-corrected chi connectivity index (χ2v) is 7.99. The molecular formula is C25H23NO5. The van der Waals surface area contributed by atoms with Crippen molar-refractivity contribution in [3.8, 4) is 22.6 Å². The van der Waals surface area contributed by atoms with E-state index in [4.69, 9.17) is 9.47 Å². The molecule has 0 atom stereocenters. The number of aliphatic hydroxyl groups is 2. The van der Waals surface area contributed by atoms with Crippen LogP contribution in [0.4, 0.5) is 5.69 Å². The molecule has 31 heavy (non-hydrogen) atoms. The summed E-state index contributed by atoms with van der Waals surface area (Å²) < 4.78 is 10.9. The first-order valence-corrected chi connectivity index (χ1v) is 10.3. The molecule has 1 saturated carbocycles. The zero-order chi connectivity index (χ0) is 21.4. The lowest BCUT2D eigenvalue weighted by Crippen LogP contribution is -2.27. The normalized spacial score (nSPS) is 15.5. The van der Waals surface area contributed by atoms with Crippen molar-refractivity contribution in [2.45, 2.75) is 31.5 Å². The first-order valence-electron chi connectivity index (χ1n) is 10.3. The number of hydrogen-bond acceptors (Lipinski definition) is 5. The van der Waals surface area contributed by atoms with Crippen LogP contribution in [0, 0.1) is 0 Å². The van der Waals surface area contributed by atoms with Gasteiger partial charge in [-0.15, -0.1) is 0 Å². The molecule has 6 heteroatoms. The quantitative estimate of drug-likeness (QED) is 0.569. The molecule has 0 bridgehead atoms. The highest BCUT2D eigenvalue weighted by Gasteiger charge is 2.51. The number of carbonyl (C=O) groups excluding carboxylic acids is 1. The van der Waals surface area contributed by atoms with Gasteiger partial charge in [-0.25, -0.2) is 0 Å². The molecule has 1 heterocycles. The molecule has 1 fully saturated rings. The van der Waals surface area contributed by atoms with Crippen molar-refractivity contribution >= 4 is 11.6 Å². The number of rotatable bonds is 6. The highest BCUT2D eigenvalue weighted by Crippen LogP contribution is 2.51. The fourth-order valence-electron chi connectivity index (χ4n) is 4.07. The topological polar surface area (TPSA) is 88.0 Å². The van der Waals surface area contributed by atoms with E-state index in [0.29, 0.717) is 17.2 Å². The van der Waals surface area contributed by atoms with Gasteiger partial charge in [0.2, 0.25) is 12.7 Å². The zero-order valence-electron chi connectivity index (χ0n) is 16.9. The van der Waals surface area contributed by atoms with Crippen LogP contribution in [0.15, 0.2) is 60.7 Å². The van der Waals surface area contributed by atoms with E-state index in [9.17, 15) is 15.0 Å². The van der Waals surface area contributed by atoms with Crippen molar-refractivity contribution < 1.29 is 24.5 Å². The summed E-state index contributed by atoms with van der Waals surface area (Å²) in [5.74, 6) is 1.33. The molecule has 6 nitrogen and oxygen atoms in total. The molecular weight excluding hydrogens is 394 g/mol. The van der Waals surface area contributed by atoms with Gasteiger partial charge in [-0.1, -0.05) is 36.4 Å². The summed E-state index contributed by atoms with van der Waals surface area (Å²) in [5.41, 5.74) is 4.40. The van der Waals surface area contributed by atoms with Crippen molar-refractivity contribution in [2.24, 2.45) is 0 Å². The fraction of sp³-hybridized carbons (Fsp3) is 0.240. The highest BCUT2D eigenvalue weighted by molar-refractivity contribution is 6.02. The Morgan fingerprint density at radius 3 is 2.39 bits per heavy atom. The average Bonchev–Trinajstić information content (AvgIpc) is 3.50. The van der Waals surface area contributed by atoms with E-state index < -0.39 is 5.41 Å². The van der Waals surface area contributed by atoms with E-state index in [1.165, 1.54) is 0 Å². The molecule has 0 spiro atoms. The maximum absolute atomic E-state index is 13.2. The maximum atomic E-state index is 13.2. The summed E-state index contributed by atoms with van der Waals surface area (Å²) in [4.78, 5) is 13.2. The SMILES string of the molecule is O=C(Nc1ccc(CO)c(-c2ccc(CO)cc2)c1)C1(c2ccc3c(c2)OCO3)CC1. The Morgan fingerprint density at radius 2 is 1.68 bits per heavy atom. The van der Waals surface area contributed by atoms with Gasteiger partial charge in [0.15, 0.2) is 11.5 Å². The number of aliphatic hydroxyl groups excluding tert-OH is 2. The molecule has 158 valence electrons. The van der Waals surface area contributed by atoms with Crippen LogP contribution in [0.5, 0.6) is 11.5 Å². The molecule has 1 amide bonds. The number of ether oxygens (including phenoxy) is 2. The van der Waals surface area contributed by atoms with Crippen LogP contribution < -0.4 is 14.8 Å². The number of benzene rings is 3. The van der Waals surface area contributed by atoms with Crippen molar-refractivity contribution in [1.29, 1.82) is 0 Å². The third-order valence-corrected chi connectivity index (χ3v) is 6.10. The highest BCUT2D eigenvalue weighted by atomic mass is 16.7. The predicted octanol–water partition coefficient (Wildman–Crippen LogP) is 3.74. The number of nitrogens with one attached hydrogen (secondary N) is 1. The van der Waals surface area contributed by atoms with Crippen LogP contribution >= 0.6 is 0 Å². The number of hydrogen-bond donors (Lipinski definition) is 3. The Labute approximate surface area is 180 Å². The third kappa shape index (κ3) is 3.54. The van der Waals surface area contributed by atoms with E-state index in [0.717, 1.165) is 40.7 Å². The smallest absolute Gasteiger partial charge is 0.235 e. The second-order valence-electron chi connectivity index (χ2n) is 7.99. The molecule has 5 rings (SSSR count). The summed E-state index contributed by atoms with van der Waals surface area (Å²) in [6, 6.07) is 18.7. The van der Waals surface area contributed by atoms with E-state index >= 15 is 0 Å². The Hall–Kier alpha value is -3.35. The van der Waals surface area contributed by atoms with Gasteiger partial charge in [-0.05, 0) is 64.9 Å². The van der Waals surface area contributed by atoms with Crippen LogP contribution in [-0.2, 0) is 23.4 Å².